The first-order valence-corrected chi connectivity index (χ1v) is 9.76. The predicted molar refractivity (Wildman–Crippen MR) is 105 cm³/mol. The van der Waals surface area contributed by atoms with Crippen LogP contribution < -0.4 is 10.2 Å². The van der Waals surface area contributed by atoms with Gasteiger partial charge in [-0.2, -0.15) is 0 Å². The topological polar surface area (TPSA) is 57.2 Å². The summed E-state index contributed by atoms with van der Waals surface area (Å²) in [4.78, 5) is 18.2. The lowest BCUT2D eigenvalue weighted by Gasteiger charge is -2.33. The second-order valence-corrected chi connectivity index (χ2v) is 7.46. The minimum atomic E-state index is 0.546. The van der Waals surface area contributed by atoms with Crippen molar-refractivity contribution in [3.8, 4) is 11.3 Å². The van der Waals surface area contributed by atoms with Crippen LogP contribution in [-0.2, 0) is 0 Å². The Morgan fingerprint density at radius 1 is 0.962 bits per heavy atom. The van der Waals surface area contributed by atoms with Gasteiger partial charge < -0.3 is 15.1 Å². The number of aromatic nitrogens is 3. The van der Waals surface area contributed by atoms with Crippen molar-refractivity contribution in [1.82, 2.24) is 19.9 Å². The molecule has 1 aliphatic carbocycles. The zero-order valence-corrected chi connectivity index (χ0v) is 15.6. The van der Waals surface area contributed by atoms with E-state index in [1.807, 2.05) is 12.3 Å². The highest BCUT2D eigenvalue weighted by Crippen LogP contribution is 2.24. The largest absolute Gasteiger partial charge is 0.367 e. The van der Waals surface area contributed by atoms with Crippen LogP contribution in [0.4, 0.5) is 11.6 Å². The molecule has 3 heterocycles. The number of piperazine rings is 1. The van der Waals surface area contributed by atoms with Gasteiger partial charge in [0.15, 0.2) is 0 Å². The van der Waals surface area contributed by atoms with Gasteiger partial charge in [0.25, 0.3) is 0 Å². The van der Waals surface area contributed by atoms with Crippen molar-refractivity contribution in [1.29, 1.82) is 0 Å². The molecule has 2 aliphatic rings. The number of likely N-dealkylation sites (N-methyl/N-ethyl adjacent to an activating group) is 1. The van der Waals surface area contributed by atoms with E-state index in [4.69, 9.17) is 0 Å². The lowest BCUT2D eigenvalue weighted by atomic mass is 9.95. The molecule has 1 aliphatic heterocycles. The van der Waals surface area contributed by atoms with E-state index >= 15 is 0 Å². The summed E-state index contributed by atoms with van der Waals surface area (Å²) < 4.78 is 0. The number of nitrogens with one attached hydrogen (secondary N) is 1. The molecular formula is C20H28N6. The zero-order chi connectivity index (χ0) is 17.8. The Kier molecular flexibility index (Phi) is 5.29. The molecule has 2 aromatic rings. The molecule has 6 nitrogen and oxygen atoms in total. The second-order valence-electron chi connectivity index (χ2n) is 7.46. The van der Waals surface area contributed by atoms with E-state index in [1.165, 1.54) is 32.1 Å². The summed E-state index contributed by atoms with van der Waals surface area (Å²) in [5, 5.41) is 3.57. The molecule has 0 aromatic carbocycles. The molecule has 26 heavy (non-hydrogen) atoms. The fourth-order valence-corrected chi connectivity index (χ4v) is 3.81. The third kappa shape index (κ3) is 4.12. The fraction of sp³-hybridized carbons (Fsp3) is 0.550. The van der Waals surface area contributed by atoms with Gasteiger partial charge in [0.05, 0.1) is 5.69 Å². The molecule has 1 N–H and O–H groups in total. The fourth-order valence-electron chi connectivity index (χ4n) is 3.81. The van der Waals surface area contributed by atoms with Gasteiger partial charge in [0, 0.05) is 50.0 Å². The molecule has 4 rings (SSSR count). The highest BCUT2D eigenvalue weighted by molar-refractivity contribution is 5.62. The van der Waals surface area contributed by atoms with Gasteiger partial charge in [-0.1, -0.05) is 19.3 Å². The molecule has 0 bridgehead atoms. The second kappa shape index (κ2) is 7.99. The van der Waals surface area contributed by atoms with Gasteiger partial charge in [-0.3, -0.25) is 0 Å². The number of hydrogen-bond donors (Lipinski definition) is 1. The third-order valence-corrected chi connectivity index (χ3v) is 5.50. The van der Waals surface area contributed by atoms with Crippen LogP contribution in [0.2, 0.25) is 0 Å². The lowest BCUT2D eigenvalue weighted by molar-refractivity contribution is 0.312. The molecule has 0 atom stereocenters. The van der Waals surface area contributed by atoms with E-state index in [0.717, 1.165) is 49.1 Å². The van der Waals surface area contributed by atoms with E-state index in [-0.39, 0.29) is 0 Å². The Bertz CT molecular complexity index is 702. The van der Waals surface area contributed by atoms with Crippen molar-refractivity contribution in [2.45, 2.75) is 38.1 Å². The molecule has 0 unspecified atom stereocenters. The first-order valence-electron chi connectivity index (χ1n) is 9.76. The van der Waals surface area contributed by atoms with Crippen LogP contribution >= 0.6 is 0 Å². The van der Waals surface area contributed by atoms with Crippen LogP contribution in [0.15, 0.2) is 30.7 Å². The molecule has 1 saturated carbocycles. The van der Waals surface area contributed by atoms with Crippen LogP contribution in [0.3, 0.4) is 0 Å². The maximum atomic E-state index is 4.68. The van der Waals surface area contributed by atoms with Crippen LogP contribution in [0, 0.1) is 0 Å². The van der Waals surface area contributed by atoms with Gasteiger partial charge in [0.1, 0.15) is 18.0 Å². The van der Waals surface area contributed by atoms with E-state index < -0.39 is 0 Å². The molecule has 6 heteroatoms. The van der Waals surface area contributed by atoms with E-state index in [0.29, 0.717) is 6.04 Å². The van der Waals surface area contributed by atoms with Crippen molar-refractivity contribution >= 4 is 11.6 Å². The number of nitrogens with zero attached hydrogens (tertiary/aromatic N) is 5. The van der Waals surface area contributed by atoms with Gasteiger partial charge >= 0.3 is 0 Å². The third-order valence-electron chi connectivity index (χ3n) is 5.50. The van der Waals surface area contributed by atoms with Crippen molar-refractivity contribution < 1.29 is 0 Å². The minimum absolute atomic E-state index is 0.546. The van der Waals surface area contributed by atoms with Crippen molar-refractivity contribution in [2.75, 3.05) is 43.4 Å². The highest BCUT2D eigenvalue weighted by atomic mass is 15.3. The van der Waals surface area contributed by atoms with Crippen LogP contribution in [0.25, 0.3) is 11.3 Å². The number of hydrogen-bond acceptors (Lipinski definition) is 6. The molecule has 0 amide bonds. The summed E-state index contributed by atoms with van der Waals surface area (Å²) in [5.74, 6) is 1.97. The minimum Gasteiger partial charge on any atom is -0.367 e. The molecule has 1 saturated heterocycles. The first kappa shape index (κ1) is 17.2. The van der Waals surface area contributed by atoms with Gasteiger partial charge in [-0.25, -0.2) is 15.0 Å². The summed E-state index contributed by atoms with van der Waals surface area (Å²) in [6.45, 7) is 4.24. The smallest absolute Gasteiger partial charge is 0.130 e. The van der Waals surface area contributed by atoms with E-state index in [9.17, 15) is 0 Å². The van der Waals surface area contributed by atoms with Crippen molar-refractivity contribution in [3.63, 3.8) is 0 Å². The quantitative estimate of drug-likeness (QED) is 0.913. The molecule has 138 valence electrons. The maximum Gasteiger partial charge on any atom is 0.130 e. The summed E-state index contributed by atoms with van der Waals surface area (Å²) >= 11 is 0. The van der Waals surface area contributed by atoms with Gasteiger partial charge in [-0.15, -0.1) is 0 Å². The summed E-state index contributed by atoms with van der Waals surface area (Å²) in [6.07, 6.45) is 10.0. The van der Waals surface area contributed by atoms with Crippen molar-refractivity contribution in [2.24, 2.45) is 0 Å². The van der Waals surface area contributed by atoms with Gasteiger partial charge in [-0.05, 0) is 32.0 Å². The number of rotatable bonds is 4. The molecule has 0 spiro atoms. The Labute approximate surface area is 155 Å². The Balaban J connectivity index is 1.44. The Hall–Kier alpha value is -2.21. The molecule has 2 aromatic heterocycles. The molecule has 2 fully saturated rings. The van der Waals surface area contributed by atoms with Crippen LogP contribution in [-0.4, -0.2) is 59.1 Å². The Morgan fingerprint density at radius 2 is 1.77 bits per heavy atom. The summed E-state index contributed by atoms with van der Waals surface area (Å²) in [7, 11) is 2.17. The summed E-state index contributed by atoms with van der Waals surface area (Å²) in [5.41, 5.74) is 1.97. The molecule has 0 radical (unpaired) electrons. The van der Waals surface area contributed by atoms with Crippen LogP contribution in [0.1, 0.15) is 32.1 Å². The predicted octanol–water partition coefficient (Wildman–Crippen LogP) is 3.04. The van der Waals surface area contributed by atoms with Crippen molar-refractivity contribution in [3.05, 3.63) is 30.7 Å². The lowest BCUT2D eigenvalue weighted by Crippen LogP contribution is -2.44. The zero-order valence-electron chi connectivity index (χ0n) is 15.6. The standard InChI is InChI=1S/C20H28N6/c1-25-9-11-26(12-10-25)20-8-7-16(14-21-20)18-13-19(23-15-22-18)24-17-5-3-2-4-6-17/h7-8,13-15,17H,2-6,9-12H2,1H3,(H,22,23,24). The number of anilines is 2. The summed E-state index contributed by atoms with van der Waals surface area (Å²) in [6, 6.07) is 6.81. The van der Waals surface area contributed by atoms with Crippen LogP contribution in [0.5, 0.6) is 0 Å². The van der Waals surface area contributed by atoms with E-state index in [2.05, 4.69) is 49.2 Å². The SMILES string of the molecule is CN1CCN(c2ccc(-c3cc(NC4CCCCC4)ncn3)cn2)CC1. The maximum absolute atomic E-state index is 4.68. The number of pyridine rings is 1. The molecular weight excluding hydrogens is 324 g/mol. The first-order chi connectivity index (χ1) is 12.8. The monoisotopic (exact) mass is 352 g/mol. The highest BCUT2D eigenvalue weighted by Gasteiger charge is 2.16. The average Bonchev–Trinajstić information content (AvgIpc) is 2.70. The Morgan fingerprint density at radius 3 is 2.50 bits per heavy atom. The van der Waals surface area contributed by atoms with E-state index in [1.54, 1.807) is 6.33 Å². The average molecular weight is 352 g/mol. The van der Waals surface area contributed by atoms with Gasteiger partial charge in [0.2, 0.25) is 0 Å². The normalized spacial score (nSPS) is 19.5.